The molecular weight excluding hydrogens is 893 g/mol. The molecule has 0 aromatic carbocycles. The Hall–Kier alpha value is -3.52. The molecule has 0 radical (unpaired) electrons. The molecule has 0 fully saturated rings. The first-order valence-electron chi connectivity index (χ1n) is 16.7. The molecule has 4 aromatic rings. The molecule has 0 amide bonds. The van der Waals surface area contributed by atoms with Crippen LogP contribution in [-0.4, -0.2) is 128 Å². The third kappa shape index (κ3) is 14.4. The van der Waals surface area contributed by atoms with E-state index in [1.807, 2.05) is 0 Å². The quantitative estimate of drug-likeness (QED) is 0.0854. The van der Waals surface area contributed by atoms with Gasteiger partial charge in [0.25, 0.3) is 0 Å². The van der Waals surface area contributed by atoms with Gasteiger partial charge in [-0.3, -0.25) is 19.2 Å². The van der Waals surface area contributed by atoms with Crippen molar-refractivity contribution in [3.63, 3.8) is 0 Å². The number of carbonyl (C=O) groups is 4. The van der Waals surface area contributed by atoms with Crippen LogP contribution in [0.2, 0.25) is 0 Å². The highest BCUT2D eigenvalue weighted by atomic mass is 32.2. The van der Waals surface area contributed by atoms with Crippen molar-refractivity contribution >= 4 is 137 Å². The van der Waals surface area contributed by atoms with Crippen LogP contribution >= 0.6 is 95.9 Å². The number of thioether (sulfide) groups is 4. The molecule has 16 nitrogen and oxygen atoms in total. The molecule has 304 valence electrons. The van der Waals surface area contributed by atoms with E-state index >= 15 is 0 Å². The van der Waals surface area contributed by atoms with Crippen LogP contribution in [-0.2, 0) is 38.1 Å². The molecule has 0 aliphatic heterocycles. The molecule has 0 aliphatic rings. The second-order valence-corrected chi connectivity index (χ2v) is 19.7. The molecule has 4 rings (SSSR count). The van der Waals surface area contributed by atoms with E-state index in [-0.39, 0.29) is 0 Å². The van der Waals surface area contributed by atoms with Gasteiger partial charge in [0.2, 0.25) is 0 Å². The van der Waals surface area contributed by atoms with Crippen LogP contribution in [0.1, 0.15) is 27.7 Å². The number of carbonyl (C=O) groups excluding carboxylic acids is 4. The average Bonchev–Trinajstić information content (AvgIpc) is 4.04. The average molecular weight is 929 g/mol. The highest BCUT2D eigenvalue weighted by molar-refractivity contribution is 8.24. The Morgan fingerprint density at radius 2 is 0.684 bits per heavy atom. The third-order valence-corrected chi connectivity index (χ3v) is 12.9. The summed E-state index contributed by atoms with van der Waals surface area (Å²) in [6, 6.07) is 6.75. The van der Waals surface area contributed by atoms with Crippen LogP contribution < -0.4 is 0 Å². The fourth-order valence-electron chi connectivity index (χ4n) is 4.14. The fourth-order valence-corrected chi connectivity index (χ4v) is 9.03. The predicted octanol–water partition coefficient (Wildman–Crippen LogP) is 4.75. The van der Waals surface area contributed by atoms with Crippen molar-refractivity contribution in [3.05, 3.63) is 73.8 Å². The van der Waals surface area contributed by atoms with E-state index in [1.165, 1.54) is 18.7 Å². The smallest absolute Gasteiger partial charge is 0.319 e. The van der Waals surface area contributed by atoms with Gasteiger partial charge in [-0.2, -0.15) is 20.4 Å². The molecule has 0 spiro atoms. The van der Waals surface area contributed by atoms with Crippen molar-refractivity contribution in [1.82, 2.24) is 39.1 Å². The van der Waals surface area contributed by atoms with Crippen molar-refractivity contribution in [2.24, 2.45) is 5.41 Å². The number of aromatic nitrogens is 8. The summed E-state index contributed by atoms with van der Waals surface area (Å²) >= 11 is 25.8. The first-order chi connectivity index (χ1) is 27.2. The Bertz CT molecular complexity index is 1710. The van der Waals surface area contributed by atoms with E-state index in [9.17, 15) is 19.2 Å². The van der Waals surface area contributed by atoms with Crippen molar-refractivity contribution in [2.45, 2.75) is 48.7 Å². The zero-order valence-electron chi connectivity index (χ0n) is 30.7. The van der Waals surface area contributed by atoms with Gasteiger partial charge in [0, 0.05) is 49.6 Å². The number of ether oxygens (including phenoxy) is 4. The topological polar surface area (TPSA) is 176 Å². The van der Waals surface area contributed by atoms with E-state index in [4.69, 9.17) is 67.8 Å². The van der Waals surface area contributed by atoms with E-state index in [2.05, 4.69) is 20.4 Å². The number of nitrogens with zero attached hydrogens (tertiary/aromatic N) is 8. The first-order valence-corrected chi connectivity index (χ1v) is 21.8. The van der Waals surface area contributed by atoms with Crippen molar-refractivity contribution in [2.75, 3.05) is 26.4 Å². The highest BCUT2D eigenvalue weighted by Gasteiger charge is 2.40. The molecule has 24 heteroatoms. The van der Waals surface area contributed by atoms with Crippen LogP contribution in [0.15, 0.2) is 73.8 Å². The summed E-state index contributed by atoms with van der Waals surface area (Å²) < 4.78 is 30.0. The van der Waals surface area contributed by atoms with Gasteiger partial charge in [-0.25, -0.2) is 18.7 Å². The van der Waals surface area contributed by atoms with Crippen LogP contribution in [0.4, 0.5) is 0 Å². The zero-order valence-corrected chi connectivity index (χ0v) is 37.2. The molecule has 0 aliphatic carbocycles. The SMILES string of the molecule is CC(SC(=S)n1cccn1)C(=O)OCC(COC(=O)C(C)SC(=S)n1cccn1)(COC(=O)C(C)SC(=S)n1cccn1)COC(=O)C(C)SC(=S)n1cccn1. The minimum Gasteiger partial charge on any atom is -0.464 e. The lowest BCUT2D eigenvalue weighted by molar-refractivity contribution is -0.169. The maximum Gasteiger partial charge on any atom is 0.319 e. The molecule has 4 aromatic heterocycles. The Morgan fingerprint density at radius 3 is 0.860 bits per heavy atom. The molecule has 0 saturated heterocycles. The number of esters is 4. The molecule has 0 saturated carbocycles. The maximum atomic E-state index is 13.4. The lowest BCUT2D eigenvalue weighted by atomic mass is 9.92. The first kappa shape index (κ1) is 46.2. The van der Waals surface area contributed by atoms with Crippen molar-refractivity contribution in [1.29, 1.82) is 0 Å². The van der Waals surface area contributed by atoms with Crippen LogP contribution in [0.3, 0.4) is 0 Å². The van der Waals surface area contributed by atoms with Crippen LogP contribution in [0.25, 0.3) is 0 Å². The Morgan fingerprint density at radius 1 is 0.474 bits per heavy atom. The number of thiocarbonyl (C=S) groups is 4. The highest BCUT2D eigenvalue weighted by Crippen LogP contribution is 2.27. The van der Waals surface area contributed by atoms with E-state index in [1.54, 1.807) is 102 Å². The molecule has 57 heavy (non-hydrogen) atoms. The minimum atomic E-state index is -1.60. The summed E-state index contributed by atoms with van der Waals surface area (Å²) in [6.07, 6.45) is 12.7. The summed E-state index contributed by atoms with van der Waals surface area (Å²) in [6.45, 7) is 4.34. The second kappa shape index (κ2) is 22.6. The normalized spacial score (nSPS) is 14.2. The third-order valence-electron chi connectivity index (χ3n) is 7.29. The lowest BCUT2D eigenvalue weighted by Crippen LogP contribution is -2.46. The second-order valence-electron chi connectivity index (χ2n) is 11.8. The summed E-state index contributed by atoms with van der Waals surface area (Å²) in [7, 11) is 0. The fraction of sp³-hybridized carbons (Fsp3) is 0.394. The van der Waals surface area contributed by atoms with Gasteiger partial charge >= 0.3 is 23.9 Å². The Balaban J connectivity index is 1.54. The standard InChI is InChI=1S/C33H36N8O8S8/c1-21(54-29(50)38-13-5-9-34-38)25(42)46-17-33(18-47-26(43)22(2)55-30(51)39-14-6-10-35-39,19-48-27(44)23(3)56-31(52)40-15-7-11-36-40)20-49-28(45)24(4)57-32(53)41-16-8-12-37-41/h5-16,21-24H,17-20H2,1-4H3. The predicted molar refractivity (Wildman–Crippen MR) is 235 cm³/mol. The number of hydrogen-bond donors (Lipinski definition) is 0. The Kier molecular flexibility index (Phi) is 18.3. The van der Waals surface area contributed by atoms with Gasteiger partial charge in [-0.1, -0.05) is 95.9 Å². The summed E-state index contributed by atoms with van der Waals surface area (Å²) in [5, 5.41) is 13.1. The molecule has 4 atom stereocenters. The molecule has 4 heterocycles. The molecular formula is C33H36N8O8S8. The van der Waals surface area contributed by atoms with Gasteiger partial charge in [0.1, 0.15) is 52.8 Å². The van der Waals surface area contributed by atoms with Gasteiger partial charge < -0.3 is 18.9 Å². The summed E-state index contributed by atoms with van der Waals surface area (Å²) in [5.41, 5.74) is -1.60. The lowest BCUT2D eigenvalue weighted by Gasteiger charge is -2.33. The summed E-state index contributed by atoms with van der Waals surface area (Å²) in [4.78, 5) is 53.6. The van der Waals surface area contributed by atoms with Gasteiger partial charge in [0.05, 0.1) is 0 Å². The van der Waals surface area contributed by atoms with Crippen LogP contribution in [0.5, 0.6) is 0 Å². The van der Waals surface area contributed by atoms with E-state index < -0.39 is 76.7 Å². The van der Waals surface area contributed by atoms with E-state index in [0.717, 1.165) is 47.0 Å². The number of rotatable bonds is 16. The molecule has 0 N–H and O–H groups in total. The van der Waals surface area contributed by atoms with Gasteiger partial charge in [0.15, 0.2) is 17.3 Å². The van der Waals surface area contributed by atoms with Crippen LogP contribution in [0, 0.1) is 5.41 Å². The van der Waals surface area contributed by atoms with Gasteiger partial charge in [-0.15, -0.1) is 0 Å². The largest absolute Gasteiger partial charge is 0.464 e. The minimum absolute atomic E-state index is 0.297. The van der Waals surface area contributed by atoms with Crippen molar-refractivity contribution in [3.8, 4) is 0 Å². The summed E-state index contributed by atoms with van der Waals surface area (Å²) in [5.74, 6) is -2.78. The maximum absolute atomic E-state index is 13.4. The molecule has 4 unspecified atom stereocenters. The van der Waals surface area contributed by atoms with E-state index in [0.29, 0.717) is 17.3 Å². The van der Waals surface area contributed by atoms with Gasteiger partial charge in [-0.05, 0) is 52.0 Å². The number of hydrogen-bond acceptors (Lipinski definition) is 20. The zero-order chi connectivity index (χ0) is 41.5. The monoisotopic (exact) mass is 928 g/mol. The van der Waals surface area contributed by atoms with Crippen molar-refractivity contribution < 1.29 is 38.1 Å². The molecule has 0 bridgehead atoms. The Labute approximate surface area is 366 Å².